The van der Waals surface area contributed by atoms with E-state index in [4.69, 9.17) is 9.47 Å². The second kappa shape index (κ2) is 10.8. The maximum absolute atomic E-state index is 12.8. The van der Waals surface area contributed by atoms with Gasteiger partial charge in [-0.2, -0.15) is 0 Å². The number of ether oxygens (including phenoxy) is 2. The van der Waals surface area contributed by atoms with E-state index in [1.165, 1.54) is 5.57 Å². The number of para-hydroxylation sites is 1. The number of carboxylic acids is 1. The molecule has 0 amide bonds. The molecule has 3 heterocycles. The first-order chi connectivity index (χ1) is 19.0. The van der Waals surface area contributed by atoms with Gasteiger partial charge in [0.1, 0.15) is 11.4 Å². The van der Waals surface area contributed by atoms with Crippen molar-refractivity contribution in [3.8, 4) is 5.75 Å². The van der Waals surface area contributed by atoms with Crippen LogP contribution in [-0.2, 0) is 17.7 Å². The van der Waals surface area contributed by atoms with Crippen LogP contribution in [0.15, 0.2) is 66.4 Å². The lowest BCUT2D eigenvalue weighted by molar-refractivity contribution is 0.0683. The highest BCUT2D eigenvalue weighted by Crippen LogP contribution is 2.38. The second-order valence-corrected chi connectivity index (χ2v) is 10.5. The molecule has 0 saturated carbocycles. The van der Waals surface area contributed by atoms with Crippen molar-refractivity contribution in [3.05, 3.63) is 83.2 Å². The van der Waals surface area contributed by atoms with Crippen LogP contribution in [0.2, 0.25) is 0 Å². The normalized spacial score (nSPS) is 18.2. The number of likely N-dealkylation sites (N-methyl/N-ethyl adjacent to an activating group) is 1. The molecule has 39 heavy (non-hydrogen) atoms. The molecule has 2 aliphatic rings. The van der Waals surface area contributed by atoms with Gasteiger partial charge in [0.2, 0.25) is 0 Å². The summed E-state index contributed by atoms with van der Waals surface area (Å²) in [4.78, 5) is 12.8. The van der Waals surface area contributed by atoms with Crippen LogP contribution in [0.3, 0.4) is 0 Å². The first kappa shape index (κ1) is 25.5. The number of aromatic carboxylic acids is 1. The number of hydrogen-bond donors (Lipinski definition) is 2. The molecule has 0 saturated heterocycles. The summed E-state index contributed by atoms with van der Waals surface area (Å²) in [6.07, 6.45) is 3.08. The van der Waals surface area contributed by atoms with Crippen LogP contribution >= 0.6 is 0 Å². The third-order valence-corrected chi connectivity index (χ3v) is 8.06. The van der Waals surface area contributed by atoms with Gasteiger partial charge in [-0.25, -0.2) is 9.80 Å². The smallest absolute Gasteiger partial charge is 0.352 e. The maximum atomic E-state index is 12.8. The number of aryl methyl sites for hydroxylation is 2. The Morgan fingerprint density at radius 1 is 1.08 bits per heavy atom. The Hall–Kier alpha value is -3.81. The predicted octanol–water partition coefficient (Wildman–Crippen LogP) is 5.86. The summed E-state index contributed by atoms with van der Waals surface area (Å²) in [6.45, 7) is 4.50. The third-order valence-electron chi connectivity index (χ3n) is 8.06. The number of benzene rings is 3. The fourth-order valence-corrected chi connectivity index (χ4v) is 6.13. The Morgan fingerprint density at radius 3 is 2.74 bits per heavy atom. The summed E-state index contributed by atoms with van der Waals surface area (Å²) in [5.41, 5.74) is 9.08. The van der Waals surface area contributed by atoms with Crippen LogP contribution in [0.4, 0.5) is 0 Å². The van der Waals surface area contributed by atoms with Crippen LogP contribution in [-0.4, -0.2) is 53.6 Å². The van der Waals surface area contributed by atoms with Crippen molar-refractivity contribution >= 4 is 33.2 Å². The zero-order valence-corrected chi connectivity index (χ0v) is 22.6. The molecule has 0 bridgehead atoms. The van der Waals surface area contributed by atoms with Gasteiger partial charge in [0.05, 0.1) is 30.5 Å². The lowest BCUT2D eigenvalue weighted by Gasteiger charge is -2.19. The fourth-order valence-electron chi connectivity index (χ4n) is 6.13. The zero-order valence-electron chi connectivity index (χ0n) is 22.6. The average molecular weight is 526 g/mol. The number of carboxylic acid groups (broad SMARTS) is 1. The van der Waals surface area contributed by atoms with Gasteiger partial charge in [-0.15, -0.1) is 0 Å². The van der Waals surface area contributed by atoms with E-state index < -0.39 is 5.97 Å². The lowest BCUT2D eigenvalue weighted by atomic mass is 9.95. The molecule has 7 heteroatoms. The molecular weight excluding hydrogens is 490 g/mol. The van der Waals surface area contributed by atoms with Gasteiger partial charge in [0.15, 0.2) is 0 Å². The minimum Gasteiger partial charge on any atom is -0.493 e. The summed E-state index contributed by atoms with van der Waals surface area (Å²) in [5.74, 6) is -0.0172. The maximum Gasteiger partial charge on any atom is 0.352 e. The van der Waals surface area contributed by atoms with Crippen molar-refractivity contribution in [3.63, 3.8) is 0 Å². The molecule has 0 spiro atoms. The number of hydrogen-bond acceptors (Lipinski definition) is 5. The first-order valence-electron chi connectivity index (χ1n) is 13.8. The minimum atomic E-state index is -0.878. The van der Waals surface area contributed by atoms with Crippen LogP contribution in [0, 0.1) is 0 Å². The summed E-state index contributed by atoms with van der Waals surface area (Å²) < 4.78 is 14.2. The van der Waals surface area contributed by atoms with Gasteiger partial charge >= 0.3 is 5.97 Å². The molecule has 1 unspecified atom stereocenters. The van der Waals surface area contributed by atoms with Gasteiger partial charge in [0, 0.05) is 42.1 Å². The molecule has 4 aromatic rings. The number of fused-ring (bicyclic) bond motifs is 2. The molecule has 1 aromatic heterocycles. The quantitative estimate of drug-likeness (QED) is 0.307. The number of rotatable bonds is 6. The zero-order chi connectivity index (χ0) is 26.9. The predicted molar refractivity (Wildman–Crippen MR) is 154 cm³/mol. The number of hydrazine groups is 1. The lowest BCUT2D eigenvalue weighted by Crippen LogP contribution is -2.34. The monoisotopic (exact) mass is 525 g/mol. The van der Waals surface area contributed by atoms with Crippen molar-refractivity contribution in [1.29, 1.82) is 0 Å². The molecule has 7 nitrogen and oxygen atoms in total. The summed E-state index contributed by atoms with van der Waals surface area (Å²) in [7, 11) is 2.03. The number of nitrogens with one attached hydrogen (secondary N) is 1. The Bertz CT molecular complexity index is 1570. The van der Waals surface area contributed by atoms with Crippen LogP contribution in [0.5, 0.6) is 5.75 Å². The van der Waals surface area contributed by atoms with Crippen LogP contribution < -0.4 is 10.2 Å². The molecule has 2 aliphatic heterocycles. The van der Waals surface area contributed by atoms with E-state index in [9.17, 15) is 9.90 Å². The fraction of sp³-hybridized carbons (Fsp3) is 0.344. The van der Waals surface area contributed by atoms with Gasteiger partial charge < -0.3 is 24.6 Å². The minimum absolute atomic E-state index is 0.129. The van der Waals surface area contributed by atoms with E-state index in [1.54, 1.807) is 0 Å². The Balaban J connectivity index is 1.37. The topological polar surface area (TPSA) is 76.0 Å². The van der Waals surface area contributed by atoms with E-state index in [0.717, 1.165) is 63.5 Å². The summed E-state index contributed by atoms with van der Waals surface area (Å²) in [5, 5.41) is 15.8. The standard InChI is InChI=1S/C32H35N3O4/c1-21-29-26-14-8-13-24-25(15-9-19-39-28-16-7-11-22-10-3-4-12-23(22)28)31(32(36)37)35(30(24)26)17-5-6-18-38-20-27(29)33-34(21)2/h3-4,7-8,10-14,16,21,33H,5-6,9,15,17-20H2,1-2H3,(H,36,37). The van der Waals surface area contributed by atoms with Gasteiger partial charge in [0.25, 0.3) is 0 Å². The largest absolute Gasteiger partial charge is 0.493 e. The Morgan fingerprint density at radius 2 is 1.87 bits per heavy atom. The van der Waals surface area contributed by atoms with Crippen molar-refractivity contribution in [2.24, 2.45) is 0 Å². The van der Waals surface area contributed by atoms with E-state index in [2.05, 4.69) is 58.3 Å². The number of aromatic nitrogens is 1. The number of nitrogens with zero attached hydrogens (tertiary/aromatic N) is 2. The molecule has 0 radical (unpaired) electrons. The average Bonchev–Trinajstić information content (AvgIpc) is 3.40. The molecule has 1 atom stereocenters. The summed E-state index contributed by atoms with van der Waals surface area (Å²) >= 11 is 0. The second-order valence-electron chi connectivity index (χ2n) is 10.5. The molecule has 202 valence electrons. The highest BCUT2D eigenvalue weighted by atomic mass is 16.5. The van der Waals surface area contributed by atoms with E-state index in [0.29, 0.717) is 38.5 Å². The third kappa shape index (κ3) is 4.66. The van der Waals surface area contributed by atoms with E-state index in [-0.39, 0.29) is 6.04 Å². The summed E-state index contributed by atoms with van der Waals surface area (Å²) in [6, 6.07) is 20.7. The molecule has 0 fully saturated rings. The number of carbonyl (C=O) groups is 1. The SMILES string of the molecule is CC1C2=C(COCCCCn3c(C(=O)O)c(CCCOc4cccc5ccccc45)c4cccc2c43)NN1C. The van der Waals surface area contributed by atoms with Gasteiger partial charge in [-0.1, -0.05) is 54.6 Å². The van der Waals surface area contributed by atoms with Gasteiger partial charge in [-0.05, 0) is 49.6 Å². The highest BCUT2D eigenvalue weighted by molar-refractivity contribution is 6.03. The van der Waals surface area contributed by atoms with Crippen LogP contribution in [0.25, 0.3) is 27.2 Å². The van der Waals surface area contributed by atoms with Crippen molar-refractivity contribution in [1.82, 2.24) is 15.0 Å². The Labute approximate surface area is 228 Å². The first-order valence-corrected chi connectivity index (χ1v) is 13.8. The molecule has 6 rings (SSSR count). The molecule has 2 N–H and O–H groups in total. The molecule has 0 aliphatic carbocycles. The molecule has 3 aromatic carbocycles. The van der Waals surface area contributed by atoms with E-state index >= 15 is 0 Å². The highest BCUT2D eigenvalue weighted by Gasteiger charge is 2.32. The van der Waals surface area contributed by atoms with Crippen molar-refractivity contribution in [2.75, 3.05) is 26.9 Å². The molecular formula is C32H35N3O4. The van der Waals surface area contributed by atoms with E-state index in [1.807, 2.05) is 31.3 Å². The van der Waals surface area contributed by atoms with Gasteiger partial charge in [-0.3, -0.25) is 0 Å². The van der Waals surface area contributed by atoms with Crippen molar-refractivity contribution < 1.29 is 19.4 Å². The Kier molecular flexibility index (Phi) is 7.02. The van der Waals surface area contributed by atoms with Crippen LogP contribution in [0.1, 0.15) is 47.8 Å². The van der Waals surface area contributed by atoms with Crippen molar-refractivity contribution in [2.45, 2.75) is 45.2 Å².